The molecule has 1 fully saturated rings. The molecule has 2 unspecified atom stereocenters. The van der Waals surface area contributed by atoms with Crippen molar-refractivity contribution in [2.24, 2.45) is 5.92 Å². The van der Waals surface area contributed by atoms with Gasteiger partial charge in [-0.25, -0.2) is 0 Å². The Balaban J connectivity index is 2.09. The van der Waals surface area contributed by atoms with E-state index in [-0.39, 0.29) is 11.9 Å². The Morgan fingerprint density at radius 2 is 2.00 bits per heavy atom. The Morgan fingerprint density at radius 3 is 2.56 bits per heavy atom. The van der Waals surface area contributed by atoms with Crippen molar-refractivity contribution in [2.45, 2.75) is 65.0 Å². The van der Waals surface area contributed by atoms with Crippen LogP contribution in [-0.4, -0.2) is 24.5 Å². The van der Waals surface area contributed by atoms with E-state index in [1.807, 2.05) is 6.92 Å². The highest BCUT2D eigenvalue weighted by Crippen LogP contribution is 2.32. The first-order valence-electron chi connectivity index (χ1n) is 6.69. The lowest BCUT2D eigenvalue weighted by molar-refractivity contribution is -0.122. The Hall–Kier alpha value is -0.570. The third kappa shape index (κ3) is 4.97. The number of rotatable bonds is 8. The Labute approximate surface area is 99.4 Å². The van der Waals surface area contributed by atoms with Crippen molar-refractivity contribution in [3.05, 3.63) is 0 Å². The lowest BCUT2D eigenvalue weighted by Gasteiger charge is -2.19. The average molecular weight is 226 g/mol. The summed E-state index contributed by atoms with van der Waals surface area (Å²) in [6.45, 7) is 7.12. The molecule has 0 saturated heterocycles. The maximum atomic E-state index is 11.7. The first-order valence-corrected chi connectivity index (χ1v) is 6.69. The third-order valence-corrected chi connectivity index (χ3v) is 3.31. The van der Waals surface area contributed by atoms with Gasteiger partial charge in [0.15, 0.2) is 0 Å². The molecule has 0 aromatic carbocycles. The summed E-state index contributed by atoms with van der Waals surface area (Å²) in [5.74, 6) is 0.943. The van der Waals surface area contributed by atoms with E-state index >= 15 is 0 Å². The standard InChI is InChI=1S/C13H26N2O/c1-4-5-6-9-14-13(16)11(3)15-10(2)12-7-8-12/h10-12,15H,4-9H2,1-3H3,(H,14,16). The fourth-order valence-electron chi connectivity index (χ4n) is 1.94. The van der Waals surface area contributed by atoms with Crippen molar-refractivity contribution in [2.75, 3.05) is 6.54 Å². The minimum Gasteiger partial charge on any atom is -0.355 e. The maximum Gasteiger partial charge on any atom is 0.236 e. The maximum absolute atomic E-state index is 11.7. The molecule has 0 aliphatic heterocycles. The molecule has 0 aromatic rings. The summed E-state index contributed by atoms with van der Waals surface area (Å²) in [5, 5.41) is 6.35. The van der Waals surface area contributed by atoms with E-state index in [1.54, 1.807) is 0 Å². The topological polar surface area (TPSA) is 41.1 Å². The predicted molar refractivity (Wildman–Crippen MR) is 67.3 cm³/mol. The number of unbranched alkanes of at least 4 members (excludes halogenated alkanes) is 2. The zero-order chi connectivity index (χ0) is 12.0. The summed E-state index contributed by atoms with van der Waals surface area (Å²) in [4.78, 5) is 11.7. The number of hydrogen-bond acceptors (Lipinski definition) is 2. The molecule has 2 atom stereocenters. The molecule has 1 aliphatic carbocycles. The normalized spacial score (nSPS) is 19.2. The molecule has 1 saturated carbocycles. The van der Waals surface area contributed by atoms with E-state index < -0.39 is 0 Å². The largest absolute Gasteiger partial charge is 0.355 e. The average Bonchev–Trinajstić information content (AvgIpc) is 3.07. The Morgan fingerprint density at radius 1 is 1.31 bits per heavy atom. The van der Waals surface area contributed by atoms with Gasteiger partial charge in [-0.05, 0) is 39.0 Å². The molecule has 0 aromatic heterocycles. The molecular weight excluding hydrogens is 200 g/mol. The number of carbonyl (C=O) groups is 1. The van der Waals surface area contributed by atoms with Gasteiger partial charge >= 0.3 is 0 Å². The van der Waals surface area contributed by atoms with Crippen LogP contribution in [0.5, 0.6) is 0 Å². The second-order valence-corrected chi connectivity index (χ2v) is 5.01. The van der Waals surface area contributed by atoms with Crippen LogP contribution in [0.3, 0.4) is 0 Å². The van der Waals surface area contributed by atoms with Crippen LogP contribution in [0, 0.1) is 5.92 Å². The SMILES string of the molecule is CCCCCNC(=O)C(C)NC(C)C1CC1. The summed E-state index contributed by atoms with van der Waals surface area (Å²) in [6.07, 6.45) is 6.12. The van der Waals surface area contributed by atoms with Gasteiger partial charge in [0.05, 0.1) is 6.04 Å². The zero-order valence-corrected chi connectivity index (χ0v) is 10.9. The quantitative estimate of drug-likeness (QED) is 0.622. The van der Waals surface area contributed by atoms with Crippen LogP contribution in [0.2, 0.25) is 0 Å². The molecule has 3 heteroatoms. The van der Waals surface area contributed by atoms with Crippen LogP contribution in [0.4, 0.5) is 0 Å². The highest BCUT2D eigenvalue weighted by Gasteiger charge is 2.29. The van der Waals surface area contributed by atoms with Crippen LogP contribution < -0.4 is 10.6 Å². The van der Waals surface area contributed by atoms with E-state index in [1.165, 1.54) is 25.7 Å². The Bertz CT molecular complexity index is 214. The van der Waals surface area contributed by atoms with Crippen LogP contribution in [0.15, 0.2) is 0 Å². The molecule has 0 spiro atoms. The molecule has 1 aliphatic rings. The Kier molecular flexibility index (Phi) is 5.81. The summed E-state index contributed by atoms with van der Waals surface area (Å²) in [6, 6.07) is 0.425. The third-order valence-electron chi connectivity index (χ3n) is 3.31. The fourth-order valence-corrected chi connectivity index (χ4v) is 1.94. The summed E-state index contributed by atoms with van der Waals surface area (Å²) >= 11 is 0. The van der Waals surface area contributed by atoms with Gasteiger partial charge in [-0.1, -0.05) is 19.8 Å². The summed E-state index contributed by atoms with van der Waals surface area (Å²) in [5.41, 5.74) is 0. The fraction of sp³-hybridized carbons (Fsp3) is 0.923. The molecule has 1 rings (SSSR count). The van der Waals surface area contributed by atoms with Gasteiger partial charge in [0, 0.05) is 12.6 Å². The molecule has 3 nitrogen and oxygen atoms in total. The van der Waals surface area contributed by atoms with Crippen molar-refractivity contribution in [1.29, 1.82) is 0 Å². The molecule has 0 bridgehead atoms. The molecule has 94 valence electrons. The second kappa shape index (κ2) is 6.89. The lowest BCUT2D eigenvalue weighted by Crippen LogP contribution is -2.46. The van der Waals surface area contributed by atoms with E-state index in [9.17, 15) is 4.79 Å². The summed E-state index contributed by atoms with van der Waals surface area (Å²) < 4.78 is 0. The summed E-state index contributed by atoms with van der Waals surface area (Å²) in [7, 11) is 0. The van der Waals surface area contributed by atoms with Crippen LogP contribution >= 0.6 is 0 Å². The van der Waals surface area contributed by atoms with E-state index in [0.29, 0.717) is 6.04 Å². The molecule has 1 amide bonds. The highest BCUT2D eigenvalue weighted by molar-refractivity contribution is 5.81. The number of nitrogens with one attached hydrogen (secondary N) is 2. The smallest absolute Gasteiger partial charge is 0.236 e. The molecule has 0 radical (unpaired) electrons. The van der Waals surface area contributed by atoms with E-state index in [0.717, 1.165) is 18.9 Å². The van der Waals surface area contributed by atoms with Gasteiger partial charge in [0.1, 0.15) is 0 Å². The minimum atomic E-state index is -0.0581. The second-order valence-electron chi connectivity index (χ2n) is 5.01. The monoisotopic (exact) mass is 226 g/mol. The molecule has 0 heterocycles. The van der Waals surface area contributed by atoms with Crippen LogP contribution in [0.25, 0.3) is 0 Å². The van der Waals surface area contributed by atoms with Crippen molar-refractivity contribution >= 4 is 5.91 Å². The van der Waals surface area contributed by atoms with E-state index in [2.05, 4.69) is 24.5 Å². The van der Waals surface area contributed by atoms with Gasteiger partial charge in [0.2, 0.25) is 5.91 Å². The minimum absolute atomic E-state index is 0.0581. The molecule has 16 heavy (non-hydrogen) atoms. The predicted octanol–water partition coefficient (Wildman–Crippen LogP) is 2.07. The van der Waals surface area contributed by atoms with Crippen molar-refractivity contribution in [1.82, 2.24) is 10.6 Å². The van der Waals surface area contributed by atoms with Crippen LogP contribution in [-0.2, 0) is 4.79 Å². The number of hydrogen-bond donors (Lipinski definition) is 2. The number of amides is 1. The number of carbonyl (C=O) groups excluding carboxylic acids is 1. The van der Waals surface area contributed by atoms with E-state index in [4.69, 9.17) is 0 Å². The highest BCUT2D eigenvalue weighted by atomic mass is 16.2. The zero-order valence-electron chi connectivity index (χ0n) is 10.9. The first kappa shape index (κ1) is 13.5. The van der Waals surface area contributed by atoms with Gasteiger partial charge in [-0.2, -0.15) is 0 Å². The van der Waals surface area contributed by atoms with Gasteiger partial charge < -0.3 is 10.6 Å². The van der Waals surface area contributed by atoms with Gasteiger partial charge in [-0.3, -0.25) is 4.79 Å². The lowest BCUT2D eigenvalue weighted by atomic mass is 10.2. The molecular formula is C13H26N2O. The van der Waals surface area contributed by atoms with Crippen molar-refractivity contribution < 1.29 is 4.79 Å². The van der Waals surface area contributed by atoms with Gasteiger partial charge in [-0.15, -0.1) is 0 Å². The first-order chi connectivity index (χ1) is 7.65. The van der Waals surface area contributed by atoms with Gasteiger partial charge in [0.25, 0.3) is 0 Å². The van der Waals surface area contributed by atoms with Crippen molar-refractivity contribution in [3.63, 3.8) is 0 Å². The molecule has 2 N–H and O–H groups in total. The van der Waals surface area contributed by atoms with Crippen molar-refractivity contribution in [3.8, 4) is 0 Å². The van der Waals surface area contributed by atoms with Crippen LogP contribution in [0.1, 0.15) is 52.9 Å².